The first-order chi connectivity index (χ1) is 20.5. The SMILES string of the molecule is C=CCOC(=O)N1CC(N2CCC([P+](c3ccccc3)(c3ccccc3)c3ccccc3)C2=O)CN1C(=O)OCC=C. The van der Waals surface area contributed by atoms with Crippen LogP contribution in [0.5, 0.6) is 0 Å². The van der Waals surface area contributed by atoms with Crippen molar-refractivity contribution in [2.45, 2.75) is 18.1 Å². The molecule has 9 heteroatoms. The lowest BCUT2D eigenvalue weighted by molar-refractivity contribution is -0.129. The first kappa shape index (κ1) is 29.1. The van der Waals surface area contributed by atoms with E-state index < -0.39 is 25.5 Å². The van der Waals surface area contributed by atoms with E-state index in [1.165, 1.54) is 22.2 Å². The van der Waals surface area contributed by atoms with E-state index in [0.717, 1.165) is 15.9 Å². The van der Waals surface area contributed by atoms with Crippen LogP contribution >= 0.6 is 7.26 Å². The van der Waals surface area contributed by atoms with E-state index in [4.69, 9.17) is 9.47 Å². The maximum Gasteiger partial charge on any atom is 0.429 e. The van der Waals surface area contributed by atoms with Crippen molar-refractivity contribution in [1.82, 2.24) is 14.9 Å². The number of nitrogens with zero attached hydrogens (tertiary/aromatic N) is 3. The molecule has 5 rings (SSSR count). The van der Waals surface area contributed by atoms with Crippen molar-refractivity contribution in [3.63, 3.8) is 0 Å². The molecule has 0 saturated carbocycles. The van der Waals surface area contributed by atoms with Gasteiger partial charge in [-0.2, -0.15) is 0 Å². The van der Waals surface area contributed by atoms with Crippen molar-refractivity contribution in [3.05, 3.63) is 116 Å². The first-order valence-electron chi connectivity index (χ1n) is 14.0. The molecule has 2 aliphatic heterocycles. The Morgan fingerprint density at radius 2 is 1.14 bits per heavy atom. The number of ether oxygens (including phenoxy) is 2. The van der Waals surface area contributed by atoms with Crippen LogP contribution in [0, 0.1) is 0 Å². The van der Waals surface area contributed by atoms with E-state index in [0.29, 0.717) is 13.0 Å². The van der Waals surface area contributed by atoms with Crippen LogP contribution in [-0.2, 0) is 14.3 Å². The van der Waals surface area contributed by atoms with Gasteiger partial charge in [-0.15, -0.1) is 0 Å². The zero-order valence-corrected chi connectivity index (χ0v) is 24.4. The monoisotopic (exact) mass is 584 g/mol. The van der Waals surface area contributed by atoms with Gasteiger partial charge in [-0.05, 0) is 36.4 Å². The summed E-state index contributed by atoms with van der Waals surface area (Å²) in [6, 6.07) is 30.6. The number of hydrogen-bond acceptors (Lipinski definition) is 5. The predicted octanol–water partition coefficient (Wildman–Crippen LogP) is 4.13. The zero-order valence-electron chi connectivity index (χ0n) is 23.5. The van der Waals surface area contributed by atoms with E-state index in [-0.39, 0.29) is 37.9 Å². The number of hydrazine groups is 1. The molecule has 8 nitrogen and oxygen atoms in total. The second kappa shape index (κ2) is 13.0. The molecule has 1 unspecified atom stereocenters. The number of carbonyl (C=O) groups excluding carboxylic acids is 3. The molecule has 3 amide bonds. The normalized spacial score (nSPS) is 17.3. The molecule has 1 atom stereocenters. The van der Waals surface area contributed by atoms with Gasteiger partial charge in [0.1, 0.15) is 36.4 Å². The fraction of sp³-hybridized carbons (Fsp3) is 0.242. The van der Waals surface area contributed by atoms with Crippen LogP contribution in [0.3, 0.4) is 0 Å². The Bertz CT molecular complexity index is 1290. The largest absolute Gasteiger partial charge is 0.444 e. The molecule has 3 aromatic rings. The van der Waals surface area contributed by atoms with E-state index in [2.05, 4.69) is 49.6 Å². The summed E-state index contributed by atoms with van der Waals surface area (Å²) in [5, 5.41) is 5.84. The Hall–Kier alpha value is -4.42. The summed E-state index contributed by atoms with van der Waals surface area (Å²) in [6.45, 7) is 7.91. The number of benzene rings is 3. The van der Waals surface area contributed by atoms with Crippen LogP contribution in [0.25, 0.3) is 0 Å². The van der Waals surface area contributed by atoms with Crippen molar-refractivity contribution < 1.29 is 23.9 Å². The molecule has 2 heterocycles. The minimum atomic E-state index is -2.46. The summed E-state index contributed by atoms with van der Waals surface area (Å²) in [4.78, 5) is 42.3. The standard InChI is InChI=1S/C33H35N3O5P/c1-3-22-40-32(38)35-24-26(25-36(35)33(39)41-23-4-2)34-21-20-30(31(34)37)42(27-14-8-5-9-15-27,28-16-10-6-11-17-28)29-18-12-7-13-19-29/h3-19,26,30H,1-2,20-25H2/q+1. The second-order valence-corrected chi connectivity index (χ2v) is 13.7. The molecule has 0 aromatic heterocycles. The molecule has 2 aliphatic rings. The predicted molar refractivity (Wildman–Crippen MR) is 166 cm³/mol. The second-order valence-electron chi connectivity index (χ2n) is 10.1. The quantitative estimate of drug-likeness (QED) is 0.279. The fourth-order valence-electron chi connectivity index (χ4n) is 5.99. The van der Waals surface area contributed by atoms with Crippen LogP contribution in [-0.4, -0.2) is 77.6 Å². The van der Waals surface area contributed by atoms with E-state index >= 15 is 0 Å². The third-order valence-corrected chi connectivity index (χ3v) is 12.5. The third-order valence-electron chi connectivity index (χ3n) is 7.74. The minimum Gasteiger partial charge on any atom is -0.444 e. The van der Waals surface area contributed by atoms with Crippen molar-refractivity contribution in [1.29, 1.82) is 0 Å². The van der Waals surface area contributed by atoms with Gasteiger partial charge in [0, 0.05) is 13.0 Å². The smallest absolute Gasteiger partial charge is 0.429 e. The minimum absolute atomic E-state index is 0.00150. The fourth-order valence-corrected chi connectivity index (χ4v) is 10.9. The number of rotatable bonds is 9. The molecular weight excluding hydrogens is 549 g/mol. The maximum absolute atomic E-state index is 14.6. The van der Waals surface area contributed by atoms with Gasteiger partial charge >= 0.3 is 12.2 Å². The molecule has 2 fully saturated rings. The van der Waals surface area contributed by atoms with Crippen LogP contribution < -0.4 is 15.9 Å². The first-order valence-corrected chi connectivity index (χ1v) is 15.8. The van der Waals surface area contributed by atoms with Crippen molar-refractivity contribution in [2.75, 3.05) is 32.8 Å². The van der Waals surface area contributed by atoms with Gasteiger partial charge in [-0.25, -0.2) is 19.6 Å². The summed E-state index contributed by atoms with van der Waals surface area (Å²) >= 11 is 0. The lowest BCUT2D eigenvalue weighted by atomic mass is 10.3. The van der Waals surface area contributed by atoms with Crippen LogP contribution in [0.4, 0.5) is 9.59 Å². The Balaban J connectivity index is 1.52. The Kier molecular flexibility index (Phi) is 9.03. The lowest BCUT2D eigenvalue weighted by Crippen LogP contribution is -2.46. The van der Waals surface area contributed by atoms with Gasteiger partial charge in [-0.1, -0.05) is 79.9 Å². The highest BCUT2D eigenvalue weighted by Gasteiger charge is 2.60. The number of hydrogen-bond donors (Lipinski definition) is 0. The van der Waals surface area contributed by atoms with Gasteiger partial charge in [-0.3, -0.25) is 4.79 Å². The van der Waals surface area contributed by atoms with Crippen molar-refractivity contribution >= 4 is 41.3 Å². The third kappa shape index (κ3) is 5.42. The topological polar surface area (TPSA) is 79.4 Å². The summed E-state index contributed by atoms with van der Waals surface area (Å²) in [7, 11) is -2.46. The molecule has 216 valence electrons. The van der Waals surface area contributed by atoms with Gasteiger partial charge in [0.15, 0.2) is 5.66 Å². The maximum atomic E-state index is 14.6. The molecule has 42 heavy (non-hydrogen) atoms. The highest BCUT2D eigenvalue weighted by atomic mass is 31.2. The molecule has 0 bridgehead atoms. The van der Waals surface area contributed by atoms with Gasteiger partial charge in [0.05, 0.1) is 19.1 Å². The summed E-state index contributed by atoms with van der Waals surface area (Å²) < 4.78 is 10.5. The van der Waals surface area contributed by atoms with E-state index in [1.807, 2.05) is 59.5 Å². The number of carbonyl (C=O) groups is 3. The van der Waals surface area contributed by atoms with Crippen LogP contribution in [0.1, 0.15) is 6.42 Å². The van der Waals surface area contributed by atoms with Gasteiger partial charge in [0.25, 0.3) is 5.91 Å². The molecule has 0 radical (unpaired) electrons. The molecule has 2 saturated heterocycles. The van der Waals surface area contributed by atoms with Crippen molar-refractivity contribution in [2.24, 2.45) is 0 Å². The summed E-state index contributed by atoms with van der Waals surface area (Å²) in [5.41, 5.74) is -0.312. The van der Waals surface area contributed by atoms with Gasteiger partial charge in [0.2, 0.25) is 0 Å². The van der Waals surface area contributed by atoms with Crippen molar-refractivity contribution in [3.8, 4) is 0 Å². The van der Waals surface area contributed by atoms with Crippen LogP contribution in [0.2, 0.25) is 0 Å². The highest BCUT2D eigenvalue weighted by molar-refractivity contribution is 7.96. The average Bonchev–Trinajstić information content (AvgIpc) is 3.65. The Morgan fingerprint density at radius 1 is 0.738 bits per heavy atom. The molecule has 3 aromatic carbocycles. The number of likely N-dealkylation sites (tertiary alicyclic amines) is 1. The molecule has 0 N–H and O–H groups in total. The molecule has 0 aliphatic carbocycles. The molecule has 0 spiro atoms. The van der Waals surface area contributed by atoms with Gasteiger partial charge < -0.3 is 14.4 Å². The summed E-state index contributed by atoms with van der Waals surface area (Å²) in [5.74, 6) is 0.0191. The van der Waals surface area contributed by atoms with Crippen LogP contribution in [0.15, 0.2) is 116 Å². The van der Waals surface area contributed by atoms with E-state index in [9.17, 15) is 14.4 Å². The Morgan fingerprint density at radius 3 is 1.52 bits per heavy atom. The molecular formula is C33H35N3O5P+. The Labute approximate surface area is 247 Å². The average molecular weight is 585 g/mol. The summed E-state index contributed by atoms with van der Waals surface area (Å²) in [6.07, 6.45) is 2.16. The highest BCUT2D eigenvalue weighted by Crippen LogP contribution is 2.62. The lowest BCUT2D eigenvalue weighted by Gasteiger charge is -2.32. The zero-order chi connectivity index (χ0) is 29.5. The number of amides is 3. The van der Waals surface area contributed by atoms with E-state index in [1.54, 1.807) is 0 Å².